The molecule has 136 valence electrons. The zero-order valence-electron chi connectivity index (χ0n) is 15.2. The van der Waals surface area contributed by atoms with Crippen molar-refractivity contribution in [3.8, 4) is 0 Å². The van der Waals surface area contributed by atoms with Gasteiger partial charge in [0.25, 0.3) is 0 Å². The molecule has 23 heavy (non-hydrogen) atoms. The number of carbonyl (C=O) groups is 1. The number of hydrogen-bond acceptors (Lipinski definition) is 5. The van der Waals surface area contributed by atoms with Crippen LogP contribution in [-0.2, 0) is 23.4 Å². The molecule has 0 aliphatic carbocycles. The predicted octanol–water partition coefficient (Wildman–Crippen LogP) is 3.61. The smallest absolute Gasteiger partial charge is 0.362 e. The van der Waals surface area contributed by atoms with E-state index < -0.39 is 37.4 Å². The van der Waals surface area contributed by atoms with Gasteiger partial charge >= 0.3 is 11.1 Å². The Morgan fingerprint density at radius 2 is 1.91 bits per heavy atom. The first-order valence-electron chi connectivity index (χ1n) is 7.60. The molecule has 1 saturated heterocycles. The molecule has 0 amide bonds. The van der Waals surface area contributed by atoms with Gasteiger partial charge in [0, 0.05) is 0 Å². The number of alkyl halides is 2. The molecule has 1 rings (SSSR count). The third-order valence-corrected chi connectivity index (χ3v) is 9.24. The van der Waals surface area contributed by atoms with Gasteiger partial charge in [-0.3, -0.25) is 0 Å². The summed E-state index contributed by atoms with van der Waals surface area (Å²) in [6, 6.07) is 0. The van der Waals surface area contributed by atoms with E-state index in [1.54, 1.807) is 13.8 Å². The summed E-state index contributed by atoms with van der Waals surface area (Å²) in [6.45, 7) is 13.4. The maximum absolute atomic E-state index is 15.0. The van der Waals surface area contributed by atoms with E-state index in [0.29, 0.717) is 0 Å². The van der Waals surface area contributed by atoms with Crippen LogP contribution in [0.3, 0.4) is 0 Å². The molecule has 0 radical (unpaired) electrons. The van der Waals surface area contributed by atoms with Crippen molar-refractivity contribution in [2.24, 2.45) is 0 Å². The fourth-order valence-electron chi connectivity index (χ4n) is 1.99. The van der Waals surface area contributed by atoms with Gasteiger partial charge in [0.1, 0.15) is 12.2 Å². The topological polar surface area (TPSA) is 54.0 Å². The molecule has 1 aliphatic rings. The lowest BCUT2D eigenvalue weighted by molar-refractivity contribution is -0.171. The standard InChI is InChI=1S/C15H28ClFO5Si/c1-13(2,3)23(7,8)22-11(15(16,17)12(18)19-6)10-9-20-14(4,5)21-10/h10-11H,9H2,1-8H3/t10-,11-,15-/m1/s1. The van der Waals surface area contributed by atoms with Crippen molar-refractivity contribution in [2.75, 3.05) is 13.7 Å². The molecule has 1 aliphatic heterocycles. The molecular weight excluding hydrogens is 343 g/mol. The van der Waals surface area contributed by atoms with Gasteiger partial charge < -0.3 is 18.6 Å². The lowest BCUT2D eigenvalue weighted by Gasteiger charge is -2.42. The fourth-order valence-corrected chi connectivity index (χ4v) is 3.63. The highest BCUT2D eigenvalue weighted by molar-refractivity contribution is 6.74. The maximum Gasteiger partial charge on any atom is 0.362 e. The zero-order valence-corrected chi connectivity index (χ0v) is 16.9. The Bertz CT molecular complexity index is 448. The third-order valence-electron chi connectivity index (χ3n) is 4.41. The Morgan fingerprint density at radius 1 is 1.39 bits per heavy atom. The average molecular weight is 371 g/mol. The van der Waals surface area contributed by atoms with Gasteiger partial charge in [-0.05, 0) is 32.0 Å². The van der Waals surface area contributed by atoms with Crippen molar-refractivity contribution in [3.63, 3.8) is 0 Å². The molecule has 8 heteroatoms. The van der Waals surface area contributed by atoms with Crippen molar-refractivity contribution in [1.82, 2.24) is 0 Å². The zero-order chi connectivity index (χ0) is 18.3. The van der Waals surface area contributed by atoms with Crippen LogP contribution in [0.25, 0.3) is 0 Å². The first kappa shape index (κ1) is 20.8. The van der Waals surface area contributed by atoms with E-state index in [2.05, 4.69) is 4.74 Å². The van der Waals surface area contributed by atoms with Gasteiger partial charge in [0.15, 0.2) is 14.1 Å². The molecule has 0 aromatic carbocycles. The molecule has 1 fully saturated rings. The van der Waals surface area contributed by atoms with E-state index in [4.69, 9.17) is 25.5 Å². The van der Waals surface area contributed by atoms with Crippen molar-refractivity contribution >= 4 is 25.9 Å². The minimum atomic E-state index is -2.85. The molecule has 0 aromatic heterocycles. The Hall–Kier alpha value is -0.213. The monoisotopic (exact) mass is 370 g/mol. The second kappa shape index (κ2) is 6.59. The highest BCUT2D eigenvalue weighted by atomic mass is 35.5. The minimum absolute atomic E-state index is 0.0850. The molecule has 0 saturated carbocycles. The number of halogens is 2. The fraction of sp³-hybridized carbons (Fsp3) is 0.933. The van der Waals surface area contributed by atoms with E-state index in [1.165, 1.54) is 0 Å². The van der Waals surface area contributed by atoms with E-state index in [-0.39, 0.29) is 11.6 Å². The molecule has 1 heterocycles. The summed E-state index contributed by atoms with van der Waals surface area (Å²) in [5, 5.41) is -3.04. The Balaban J connectivity index is 3.15. The van der Waals surface area contributed by atoms with Crippen LogP contribution in [0.4, 0.5) is 4.39 Å². The van der Waals surface area contributed by atoms with Crippen LogP contribution in [0.15, 0.2) is 0 Å². The third kappa shape index (κ3) is 4.66. The molecular formula is C15H28ClFO5Si. The van der Waals surface area contributed by atoms with Gasteiger partial charge in [-0.2, -0.15) is 0 Å². The Labute approximate surface area is 143 Å². The molecule has 0 bridgehead atoms. The Kier molecular flexibility index (Phi) is 5.97. The second-order valence-electron chi connectivity index (χ2n) is 7.78. The summed E-state index contributed by atoms with van der Waals surface area (Å²) in [5.41, 5.74) is 0. The molecule has 0 spiro atoms. The summed E-state index contributed by atoms with van der Waals surface area (Å²) < 4.78 is 36.8. The average Bonchev–Trinajstić information content (AvgIpc) is 2.73. The SMILES string of the molecule is COC(=O)[C@@](F)(Cl)[C@H](O[Si](C)(C)C(C)(C)C)[C@H]1COC(C)(C)O1. The second-order valence-corrected chi connectivity index (χ2v) is 13.1. The summed E-state index contributed by atoms with van der Waals surface area (Å²) in [4.78, 5) is 11.8. The first-order chi connectivity index (χ1) is 10.1. The van der Waals surface area contributed by atoms with E-state index in [1.807, 2.05) is 33.9 Å². The summed E-state index contributed by atoms with van der Waals surface area (Å²) >= 11 is 5.90. The summed E-state index contributed by atoms with van der Waals surface area (Å²) in [7, 11) is -1.34. The van der Waals surface area contributed by atoms with Crippen LogP contribution in [0, 0.1) is 0 Å². The van der Waals surface area contributed by atoms with Crippen LogP contribution >= 0.6 is 11.6 Å². The quantitative estimate of drug-likeness (QED) is 0.420. The van der Waals surface area contributed by atoms with Crippen molar-refractivity contribution < 1.29 is 27.8 Å². The number of ether oxygens (including phenoxy) is 3. The first-order valence-corrected chi connectivity index (χ1v) is 10.9. The lowest BCUT2D eigenvalue weighted by Crippen LogP contribution is -2.57. The highest BCUT2D eigenvalue weighted by Crippen LogP contribution is 2.42. The van der Waals surface area contributed by atoms with Gasteiger partial charge in [0.05, 0.1) is 13.7 Å². The maximum atomic E-state index is 15.0. The van der Waals surface area contributed by atoms with Crippen LogP contribution in [0.5, 0.6) is 0 Å². The molecule has 5 nitrogen and oxygen atoms in total. The van der Waals surface area contributed by atoms with Crippen LogP contribution in [0.1, 0.15) is 34.6 Å². The van der Waals surface area contributed by atoms with Crippen LogP contribution < -0.4 is 0 Å². The van der Waals surface area contributed by atoms with Crippen LogP contribution in [-0.4, -0.2) is 51.1 Å². The molecule has 0 unspecified atom stereocenters. The van der Waals surface area contributed by atoms with Crippen molar-refractivity contribution in [3.05, 3.63) is 0 Å². The normalized spacial score (nSPS) is 25.7. The number of rotatable bonds is 5. The van der Waals surface area contributed by atoms with E-state index in [9.17, 15) is 4.79 Å². The van der Waals surface area contributed by atoms with Gasteiger partial charge in [-0.25, -0.2) is 9.18 Å². The largest absolute Gasteiger partial charge is 0.466 e. The highest BCUT2D eigenvalue weighted by Gasteiger charge is 2.57. The van der Waals surface area contributed by atoms with Crippen molar-refractivity contribution in [1.29, 1.82) is 0 Å². The summed E-state index contributed by atoms with van der Waals surface area (Å²) in [5.74, 6) is -2.08. The molecule has 0 N–H and O–H groups in total. The van der Waals surface area contributed by atoms with Gasteiger partial charge in [0.2, 0.25) is 0 Å². The molecule has 3 atom stereocenters. The predicted molar refractivity (Wildman–Crippen MR) is 88.7 cm³/mol. The lowest BCUT2D eigenvalue weighted by atomic mass is 10.1. The van der Waals surface area contributed by atoms with E-state index in [0.717, 1.165) is 7.11 Å². The number of esters is 1. The van der Waals surface area contributed by atoms with Gasteiger partial charge in [-0.1, -0.05) is 32.4 Å². The van der Waals surface area contributed by atoms with E-state index >= 15 is 4.39 Å². The number of hydrogen-bond donors (Lipinski definition) is 0. The van der Waals surface area contributed by atoms with Crippen LogP contribution in [0.2, 0.25) is 18.1 Å². The number of methoxy groups -OCH3 is 1. The molecule has 0 aromatic rings. The Morgan fingerprint density at radius 3 is 2.26 bits per heavy atom. The summed E-state index contributed by atoms with van der Waals surface area (Å²) in [6.07, 6.45) is -2.12. The number of carbonyl (C=O) groups excluding carboxylic acids is 1. The minimum Gasteiger partial charge on any atom is -0.466 e. The van der Waals surface area contributed by atoms with Crippen molar-refractivity contribution in [2.45, 2.75) is 75.9 Å². The van der Waals surface area contributed by atoms with Gasteiger partial charge in [-0.15, -0.1) is 0 Å².